The van der Waals surface area contributed by atoms with Gasteiger partial charge in [0.25, 0.3) is 0 Å². The SMILES string of the molecule is CC1(C)c2ccccc2-c2c(-c3ccccc3N(c3cccc(-c4cccc5c4C(C)(C)c4ccccc4-5)c3)c3ccc4c(c3)C(C35CC6CC(C3)C(C6)C5)c3ccccc3-4)cccc21. The zero-order valence-electron chi connectivity index (χ0n) is 38.0. The van der Waals surface area contributed by atoms with Crippen LogP contribution in [0.1, 0.15) is 99.1 Å². The van der Waals surface area contributed by atoms with Crippen LogP contribution in [0.5, 0.6) is 0 Å². The van der Waals surface area contributed by atoms with E-state index >= 15 is 0 Å². The molecule has 4 fully saturated rings. The molecule has 0 aromatic heterocycles. The lowest BCUT2D eigenvalue weighted by Crippen LogP contribution is -2.33. The summed E-state index contributed by atoms with van der Waals surface area (Å²) in [6.45, 7) is 9.61. The van der Waals surface area contributed by atoms with E-state index < -0.39 is 0 Å². The van der Waals surface area contributed by atoms with Crippen LogP contribution in [-0.2, 0) is 10.8 Å². The van der Waals surface area contributed by atoms with Gasteiger partial charge >= 0.3 is 0 Å². The molecule has 3 unspecified atom stereocenters. The van der Waals surface area contributed by atoms with Crippen LogP contribution in [0.25, 0.3) is 55.6 Å². The number of benzene rings is 8. The van der Waals surface area contributed by atoms with Gasteiger partial charge in [0.2, 0.25) is 0 Å². The summed E-state index contributed by atoms with van der Waals surface area (Å²) in [5.41, 5.74) is 25.9. The van der Waals surface area contributed by atoms with Gasteiger partial charge in [0.05, 0.1) is 5.69 Å². The molecule has 0 N–H and O–H groups in total. The monoisotopic (exact) mass is 837 g/mol. The third-order valence-electron chi connectivity index (χ3n) is 17.8. The van der Waals surface area contributed by atoms with Crippen molar-refractivity contribution in [3.05, 3.63) is 209 Å². The Kier molecular flexibility index (Phi) is 7.77. The molecule has 0 heterocycles. The van der Waals surface area contributed by atoms with Gasteiger partial charge in [-0.25, -0.2) is 0 Å². The van der Waals surface area contributed by atoms with Crippen LogP contribution < -0.4 is 4.90 Å². The van der Waals surface area contributed by atoms with Crippen LogP contribution in [-0.4, -0.2) is 0 Å². The Morgan fingerprint density at radius 1 is 0.415 bits per heavy atom. The van der Waals surface area contributed by atoms with Crippen molar-refractivity contribution in [1.29, 1.82) is 0 Å². The summed E-state index contributed by atoms with van der Waals surface area (Å²) < 4.78 is 0. The van der Waals surface area contributed by atoms with Crippen molar-refractivity contribution < 1.29 is 0 Å². The van der Waals surface area contributed by atoms with Gasteiger partial charge in [-0.1, -0.05) is 173 Å². The third kappa shape index (κ3) is 5.16. The van der Waals surface area contributed by atoms with E-state index in [9.17, 15) is 0 Å². The number of hydrogen-bond acceptors (Lipinski definition) is 1. The van der Waals surface area contributed by atoms with Gasteiger partial charge in [-0.05, 0) is 169 Å². The number of rotatable bonds is 6. The van der Waals surface area contributed by atoms with Gasteiger partial charge in [-0.3, -0.25) is 0 Å². The lowest BCUT2D eigenvalue weighted by atomic mass is 9.60. The first-order chi connectivity index (χ1) is 31.7. The topological polar surface area (TPSA) is 3.24 Å². The summed E-state index contributed by atoms with van der Waals surface area (Å²) in [7, 11) is 0. The molecule has 0 aliphatic heterocycles. The van der Waals surface area contributed by atoms with Gasteiger partial charge in [0.15, 0.2) is 0 Å². The molecule has 0 radical (unpaired) electrons. The molecule has 4 saturated carbocycles. The van der Waals surface area contributed by atoms with Crippen LogP contribution in [0.15, 0.2) is 176 Å². The van der Waals surface area contributed by atoms with Crippen LogP contribution in [0, 0.1) is 23.2 Å². The molecule has 0 spiro atoms. The van der Waals surface area contributed by atoms with Crippen LogP contribution >= 0.6 is 0 Å². The largest absolute Gasteiger partial charge is 0.310 e. The summed E-state index contributed by atoms with van der Waals surface area (Å²) in [6.07, 6.45) is 7.10. The minimum atomic E-state index is -0.120. The Balaban J connectivity index is 0.990. The molecule has 3 atom stereocenters. The van der Waals surface area contributed by atoms with Gasteiger partial charge < -0.3 is 4.90 Å². The maximum atomic E-state index is 2.64. The fourth-order valence-corrected chi connectivity index (χ4v) is 15.4. The maximum Gasteiger partial charge on any atom is 0.0540 e. The maximum absolute atomic E-state index is 2.64. The van der Waals surface area contributed by atoms with Crippen LogP contribution in [0.4, 0.5) is 17.1 Å². The molecule has 316 valence electrons. The van der Waals surface area contributed by atoms with Crippen LogP contribution in [0.3, 0.4) is 0 Å². The predicted molar refractivity (Wildman–Crippen MR) is 270 cm³/mol. The predicted octanol–water partition coefficient (Wildman–Crippen LogP) is 17.0. The zero-order chi connectivity index (χ0) is 43.4. The van der Waals surface area contributed by atoms with Crippen molar-refractivity contribution in [2.45, 2.75) is 76.5 Å². The highest BCUT2D eigenvalue weighted by atomic mass is 15.1. The van der Waals surface area contributed by atoms with Crippen molar-refractivity contribution in [3.63, 3.8) is 0 Å². The molecule has 7 aliphatic carbocycles. The first kappa shape index (κ1) is 37.9. The van der Waals surface area contributed by atoms with E-state index in [4.69, 9.17) is 0 Å². The molecule has 1 heteroatoms. The second-order valence-electron chi connectivity index (χ2n) is 21.8. The average molecular weight is 838 g/mol. The van der Waals surface area contributed by atoms with Crippen LogP contribution in [0.2, 0.25) is 0 Å². The molecule has 0 saturated heterocycles. The first-order valence-electron chi connectivity index (χ1n) is 24.4. The number of nitrogens with zero attached hydrogens (tertiary/aromatic N) is 1. The lowest BCUT2D eigenvalue weighted by Gasteiger charge is -2.44. The fraction of sp³-hybridized carbons (Fsp3) is 0.250. The molecule has 1 nitrogen and oxygen atoms in total. The minimum Gasteiger partial charge on any atom is -0.310 e. The Bertz CT molecular complexity index is 3290. The number of anilines is 3. The highest BCUT2D eigenvalue weighted by molar-refractivity contribution is 5.99. The van der Waals surface area contributed by atoms with Crippen molar-refractivity contribution in [2.75, 3.05) is 4.90 Å². The smallest absolute Gasteiger partial charge is 0.0540 e. The van der Waals surface area contributed by atoms with Gasteiger partial charge in [0.1, 0.15) is 0 Å². The number of fused-ring (bicyclic) bond motifs is 9. The van der Waals surface area contributed by atoms with Crippen molar-refractivity contribution in [2.24, 2.45) is 23.2 Å². The van der Waals surface area contributed by atoms with E-state index in [0.717, 1.165) is 17.8 Å². The van der Waals surface area contributed by atoms with Gasteiger partial charge in [0, 0.05) is 33.7 Å². The Hall–Kier alpha value is -6.44. The summed E-state index contributed by atoms with van der Waals surface area (Å²) >= 11 is 0. The molecule has 0 amide bonds. The second-order valence-corrected chi connectivity index (χ2v) is 21.8. The fourth-order valence-electron chi connectivity index (χ4n) is 15.4. The Morgan fingerprint density at radius 2 is 1.00 bits per heavy atom. The van der Waals surface area contributed by atoms with Gasteiger partial charge in [-0.15, -0.1) is 0 Å². The lowest BCUT2D eigenvalue weighted by molar-refractivity contribution is 0.124. The third-order valence-corrected chi connectivity index (χ3v) is 17.8. The van der Waals surface area contributed by atoms with E-state index in [1.54, 1.807) is 11.1 Å². The second kappa shape index (κ2) is 13.3. The molecule has 65 heavy (non-hydrogen) atoms. The zero-order valence-corrected chi connectivity index (χ0v) is 38.0. The highest BCUT2D eigenvalue weighted by Gasteiger charge is 2.60. The van der Waals surface area contributed by atoms with E-state index in [-0.39, 0.29) is 10.8 Å². The van der Waals surface area contributed by atoms with Crippen molar-refractivity contribution in [3.8, 4) is 55.6 Å². The standard InChI is InChI=1S/C64H55N/c1-62(2)56-27-11-8-22-53(56)59-50(24-15-28-57(59)62)49-20-9-12-29-58(49)65(43-17-13-16-40(34-43)45-23-14-25-52-48-19-7-10-26-55(48)63(3,4)60(45)52)44-30-31-47-46-18-5-6-21-51(46)61(54(47)35-44)64-36-39-32-41(37-64)42(33-39)38-64/h5-31,34-35,39,41-42,61H,32-33,36-38H2,1-4H3. The molecular formula is C64H55N. The van der Waals surface area contributed by atoms with E-state index in [1.807, 2.05) is 0 Å². The Morgan fingerprint density at radius 3 is 1.80 bits per heavy atom. The molecule has 4 bridgehead atoms. The van der Waals surface area contributed by atoms with E-state index in [0.29, 0.717) is 11.3 Å². The van der Waals surface area contributed by atoms with E-state index in [2.05, 4.69) is 209 Å². The molecule has 7 aliphatic rings. The molecule has 8 aromatic rings. The molecule has 8 aromatic carbocycles. The van der Waals surface area contributed by atoms with Crippen molar-refractivity contribution in [1.82, 2.24) is 0 Å². The quantitative estimate of drug-likeness (QED) is 0.161. The molecular weight excluding hydrogens is 783 g/mol. The number of para-hydroxylation sites is 1. The first-order valence-corrected chi connectivity index (χ1v) is 24.4. The summed E-state index contributed by atoms with van der Waals surface area (Å²) in [6, 6.07) is 67.8. The average Bonchev–Trinajstić information content (AvgIpc) is 4.04. The van der Waals surface area contributed by atoms with Crippen molar-refractivity contribution >= 4 is 17.1 Å². The van der Waals surface area contributed by atoms with Gasteiger partial charge in [-0.2, -0.15) is 0 Å². The minimum absolute atomic E-state index is 0.0866. The summed E-state index contributed by atoms with van der Waals surface area (Å²) in [4.78, 5) is 2.61. The number of hydrogen-bond donors (Lipinski definition) is 0. The Labute approximate surface area is 384 Å². The van der Waals surface area contributed by atoms with E-state index in [1.165, 1.54) is 127 Å². The molecule has 15 rings (SSSR count). The normalized spacial score (nSPS) is 23.7. The highest BCUT2D eigenvalue weighted by Crippen LogP contribution is 2.71. The summed E-state index contributed by atoms with van der Waals surface area (Å²) in [5, 5.41) is 0. The summed E-state index contributed by atoms with van der Waals surface area (Å²) in [5.74, 6) is 3.16.